The van der Waals surface area contributed by atoms with Crippen molar-refractivity contribution in [3.63, 3.8) is 0 Å². The maximum absolute atomic E-state index is 10.5. The van der Waals surface area contributed by atoms with Crippen molar-refractivity contribution in [3.05, 3.63) is 18.0 Å². The number of morpholine rings is 1. The van der Waals surface area contributed by atoms with E-state index in [0.29, 0.717) is 11.5 Å². The lowest BCUT2D eigenvalue weighted by Gasteiger charge is -2.41. The summed E-state index contributed by atoms with van der Waals surface area (Å²) in [6.07, 6.45) is 3.98. The molecule has 1 aromatic rings. The molecule has 17 heavy (non-hydrogen) atoms. The molecule has 1 aromatic heterocycles. The molecule has 0 spiro atoms. The first-order chi connectivity index (χ1) is 8.00. The monoisotopic (exact) mass is 235 g/mol. The average molecular weight is 235 g/mol. The van der Waals surface area contributed by atoms with E-state index in [-0.39, 0.29) is 11.7 Å². The smallest absolute Gasteiger partial charge is 0.225 e. The Kier molecular flexibility index (Phi) is 3.11. The van der Waals surface area contributed by atoms with Gasteiger partial charge in [-0.2, -0.15) is 0 Å². The van der Waals surface area contributed by atoms with Crippen LogP contribution in [-0.4, -0.2) is 41.0 Å². The Hall–Kier alpha value is -1.49. The molecule has 2 heterocycles. The minimum Gasteiger partial charge on any atom is -0.369 e. The summed E-state index contributed by atoms with van der Waals surface area (Å²) >= 11 is 0. The molecule has 1 aliphatic heterocycles. The van der Waals surface area contributed by atoms with Crippen LogP contribution in [0.1, 0.15) is 31.1 Å². The highest BCUT2D eigenvalue weighted by Gasteiger charge is 2.32. The van der Waals surface area contributed by atoms with Crippen LogP contribution in [0.25, 0.3) is 0 Å². The minimum absolute atomic E-state index is 0.146. The fourth-order valence-electron chi connectivity index (χ4n) is 2.16. The molecule has 0 aromatic carbocycles. The summed E-state index contributed by atoms with van der Waals surface area (Å²) in [4.78, 5) is 21.0. The predicted molar refractivity (Wildman–Crippen MR) is 64.3 cm³/mol. The van der Waals surface area contributed by atoms with Gasteiger partial charge in [0.2, 0.25) is 5.95 Å². The molecule has 92 valence electrons. The molecule has 5 heteroatoms. The van der Waals surface area contributed by atoms with Gasteiger partial charge in [0.05, 0.1) is 17.3 Å². The number of carbonyl (C=O) groups excluding carboxylic acids is 1. The van der Waals surface area contributed by atoms with E-state index in [0.717, 1.165) is 19.4 Å². The molecule has 1 unspecified atom stereocenters. The quantitative estimate of drug-likeness (QED) is 0.723. The summed E-state index contributed by atoms with van der Waals surface area (Å²) in [6.45, 7) is 7.65. The van der Waals surface area contributed by atoms with Crippen LogP contribution in [0.2, 0.25) is 0 Å². The zero-order valence-electron chi connectivity index (χ0n) is 10.4. The molecular formula is C12H17N3O2. The van der Waals surface area contributed by atoms with Gasteiger partial charge in [0, 0.05) is 25.5 Å². The van der Waals surface area contributed by atoms with E-state index in [1.54, 1.807) is 12.4 Å². The summed E-state index contributed by atoms with van der Waals surface area (Å²) in [7, 11) is 0. The van der Waals surface area contributed by atoms with Gasteiger partial charge in [0.25, 0.3) is 0 Å². The van der Waals surface area contributed by atoms with Gasteiger partial charge in [-0.15, -0.1) is 0 Å². The SMILES string of the molecule is CC1CN(c2ncc(C=O)cn2)CC(C)(C)O1. The third-order valence-corrected chi connectivity index (χ3v) is 2.65. The number of carbonyl (C=O) groups is 1. The number of nitrogens with zero attached hydrogens (tertiary/aromatic N) is 3. The third-order valence-electron chi connectivity index (χ3n) is 2.65. The lowest BCUT2D eigenvalue weighted by atomic mass is 10.1. The van der Waals surface area contributed by atoms with E-state index in [1.807, 2.05) is 6.92 Å². The van der Waals surface area contributed by atoms with E-state index in [1.165, 1.54) is 0 Å². The lowest BCUT2D eigenvalue weighted by molar-refractivity contribution is -0.0753. The first-order valence-electron chi connectivity index (χ1n) is 5.70. The number of ether oxygens (including phenoxy) is 1. The molecular weight excluding hydrogens is 218 g/mol. The second-order valence-corrected chi connectivity index (χ2v) is 5.00. The number of aromatic nitrogens is 2. The van der Waals surface area contributed by atoms with Crippen LogP contribution in [0.4, 0.5) is 5.95 Å². The topological polar surface area (TPSA) is 55.3 Å². The van der Waals surface area contributed by atoms with Gasteiger partial charge in [0.15, 0.2) is 6.29 Å². The maximum Gasteiger partial charge on any atom is 0.225 e. The van der Waals surface area contributed by atoms with E-state index in [4.69, 9.17) is 4.74 Å². The largest absolute Gasteiger partial charge is 0.369 e. The van der Waals surface area contributed by atoms with Gasteiger partial charge in [0.1, 0.15) is 0 Å². The van der Waals surface area contributed by atoms with Gasteiger partial charge in [-0.3, -0.25) is 4.79 Å². The molecule has 0 bridgehead atoms. The summed E-state index contributed by atoms with van der Waals surface area (Å²) < 4.78 is 5.82. The zero-order valence-corrected chi connectivity index (χ0v) is 10.4. The highest BCUT2D eigenvalue weighted by molar-refractivity contribution is 5.73. The van der Waals surface area contributed by atoms with Crippen molar-refractivity contribution in [1.82, 2.24) is 9.97 Å². The highest BCUT2D eigenvalue weighted by Crippen LogP contribution is 2.23. The molecule has 5 nitrogen and oxygen atoms in total. The van der Waals surface area contributed by atoms with E-state index in [9.17, 15) is 4.79 Å². The van der Waals surface area contributed by atoms with E-state index in [2.05, 4.69) is 28.7 Å². The van der Waals surface area contributed by atoms with Crippen molar-refractivity contribution in [2.75, 3.05) is 18.0 Å². The molecule has 0 N–H and O–H groups in total. The fraction of sp³-hybridized carbons (Fsp3) is 0.583. The van der Waals surface area contributed by atoms with Gasteiger partial charge < -0.3 is 9.64 Å². The second-order valence-electron chi connectivity index (χ2n) is 5.00. The Morgan fingerprint density at radius 3 is 2.65 bits per heavy atom. The van der Waals surface area contributed by atoms with Crippen molar-refractivity contribution in [3.8, 4) is 0 Å². The Balaban J connectivity index is 2.18. The summed E-state index contributed by atoms with van der Waals surface area (Å²) in [6, 6.07) is 0. The third kappa shape index (κ3) is 2.79. The highest BCUT2D eigenvalue weighted by atomic mass is 16.5. The molecule has 1 aliphatic rings. The minimum atomic E-state index is -0.204. The number of rotatable bonds is 2. The van der Waals surface area contributed by atoms with E-state index < -0.39 is 0 Å². The van der Waals surface area contributed by atoms with Crippen molar-refractivity contribution < 1.29 is 9.53 Å². The molecule has 1 fully saturated rings. The average Bonchev–Trinajstić information content (AvgIpc) is 2.26. The second kappa shape index (κ2) is 4.41. The number of anilines is 1. The normalized spacial score (nSPS) is 23.5. The Bertz CT molecular complexity index is 403. The van der Waals surface area contributed by atoms with Crippen LogP contribution in [0.3, 0.4) is 0 Å². The maximum atomic E-state index is 10.5. The number of hydrogen-bond donors (Lipinski definition) is 0. The van der Waals surface area contributed by atoms with Crippen LogP contribution in [0.15, 0.2) is 12.4 Å². The van der Waals surface area contributed by atoms with Crippen LogP contribution < -0.4 is 4.90 Å². The van der Waals surface area contributed by atoms with Gasteiger partial charge >= 0.3 is 0 Å². The Morgan fingerprint density at radius 2 is 2.12 bits per heavy atom. The van der Waals surface area contributed by atoms with Crippen molar-refractivity contribution >= 4 is 12.2 Å². The number of hydrogen-bond acceptors (Lipinski definition) is 5. The fourth-order valence-corrected chi connectivity index (χ4v) is 2.16. The van der Waals surface area contributed by atoms with Crippen LogP contribution in [0.5, 0.6) is 0 Å². The standard InChI is InChI=1S/C12H17N3O2/c1-9-6-15(8-12(2,3)17-9)11-13-4-10(7-16)5-14-11/h4-5,7,9H,6,8H2,1-3H3. The molecule has 0 aliphatic carbocycles. The van der Waals surface area contributed by atoms with Crippen LogP contribution in [-0.2, 0) is 4.74 Å². The van der Waals surface area contributed by atoms with Crippen molar-refractivity contribution in [2.45, 2.75) is 32.5 Å². The first-order valence-corrected chi connectivity index (χ1v) is 5.70. The van der Waals surface area contributed by atoms with Crippen LogP contribution >= 0.6 is 0 Å². The van der Waals surface area contributed by atoms with Crippen LogP contribution in [0, 0.1) is 0 Å². The number of aldehydes is 1. The molecule has 0 saturated carbocycles. The Morgan fingerprint density at radius 1 is 1.47 bits per heavy atom. The lowest BCUT2D eigenvalue weighted by Crippen LogP contribution is -2.52. The van der Waals surface area contributed by atoms with Crippen molar-refractivity contribution in [2.24, 2.45) is 0 Å². The van der Waals surface area contributed by atoms with Crippen molar-refractivity contribution in [1.29, 1.82) is 0 Å². The molecule has 0 amide bonds. The van der Waals surface area contributed by atoms with E-state index >= 15 is 0 Å². The summed E-state index contributed by atoms with van der Waals surface area (Å²) in [5.74, 6) is 0.652. The Labute approximate surface area is 101 Å². The molecule has 0 radical (unpaired) electrons. The first kappa shape index (κ1) is 12.0. The van der Waals surface area contributed by atoms with Gasteiger partial charge in [-0.1, -0.05) is 0 Å². The van der Waals surface area contributed by atoms with Gasteiger partial charge in [-0.05, 0) is 20.8 Å². The molecule has 1 saturated heterocycles. The summed E-state index contributed by atoms with van der Waals surface area (Å²) in [5, 5.41) is 0. The molecule has 1 atom stereocenters. The molecule has 2 rings (SSSR count). The predicted octanol–water partition coefficient (Wildman–Crippen LogP) is 1.29. The summed E-state index contributed by atoms with van der Waals surface area (Å²) in [5.41, 5.74) is 0.291. The van der Waals surface area contributed by atoms with Gasteiger partial charge in [-0.25, -0.2) is 9.97 Å². The zero-order chi connectivity index (χ0) is 12.5.